The number of carboxylic acid groups (broad SMARTS) is 1. The quantitative estimate of drug-likeness (QED) is 0.713. The molecule has 5 rings (SSSR count). The van der Waals surface area contributed by atoms with Crippen LogP contribution in [-0.2, 0) is 22.7 Å². The molecule has 2 N–H and O–H groups in total. The molecule has 0 spiro atoms. The second-order valence-corrected chi connectivity index (χ2v) is 7.98. The van der Waals surface area contributed by atoms with Gasteiger partial charge in [0.15, 0.2) is 6.04 Å². The lowest BCUT2D eigenvalue weighted by atomic mass is 9.97. The van der Waals surface area contributed by atoms with Crippen molar-refractivity contribution < 1.29 is 19.5 Å². The summed E-state index contributed by atoms with van der Waals surface area (Å²) in [7, 11) is 0. The molecular weight excluding hydrogens is 396 g/mol. The molecular formula is C23H24N4O4. The maximum absolute atomic E-state index is 12.9. The van der Waals surface area contributed by atoms with Crippen LogP contribution < -0.4 is 5.43 Å². The molecule has 1 fully saturated rings. The fourth-order valence-electron chi connectivity index (χ4n) is 4.48. The molecule has 0 aliphatic carbocycles. The van der Waals surface area contributed by atoms with E-state index in [1.807, 2.05) is 53.5 Å². The van der Waals surface area contributed by atoms with E-state index in [2.05, 4.69) is 17.6 Å². The van der Waals surface area contributed by atoms with Crippen LogP contribution >= 0.6 is 0 Å². The number of hydrazine groups is 1. The fraction of sp³-hybridized carbons (Fsp3) is 0.304. The van der Waals surface area contributed by atoms with Gasteiger partial charge in [0.25, 0.3) is 0 Å². The zero-order valence-corrected chi connectivity index (χ0v) is 17.0. The molecule has 2 aromatic carbocycles. The van der Waals surface area contributed by atoms with Crippen molar-refractivity contribution in [1.29, 1.82) is 0 Å². The van der Waals surface area contributed by atoms with E-state index >= 15 is 0 Å². The molecule has 3 aliphatic heterocycles. The highest BCUT2D eigenvalue weighted by Crippen LogP contribution is 2.37. The Morgan fingerprint density at radius 1 is 1.06 bits per heavy atom. The molecule has 2 bridgehead atoms. The first-order chi connectivity index (χ1) is 15.1. The third-order valence-corrected chi connectivity index (χ3v) is 6.02. The lowest BCUT2D eigenvalue weighted by Crippen LogP contribution is -2.49. The number of urea groups is 1. The predicted octanol–water partition coefficient (Wildman–Crippen LogP) is 2.01. The highest BCUT2D eigenvalue weighted by atomic mass is 16.7. The number of benzene rings is 2. The van der Waals surface area contributed by atoms with Crippen LogP contribution in [0.3, 0.4) is 0 Å². The number of carbonyl (C=O) groups excluding carboxylic acids is 1. The second-order valence-electron chi connectivity index (χ2n) is 7.98. The van der Waals surface area contributed by atoms with Crippen LogP contribution in [0.5, 0.6) is 0 Å². The van der Waals surface area contributed by atoms with Crippen molar-refractivity contribution in [3.63, 3.8) is 0 Å². The van der Waals surface area contributed by atoms with Crippen molar-refractivity contribution in [3.8, 4) is 0 Å². The fourth-order valence-corrected chi connectivity index (χ4v) is 4.48. The first-order valence-corrected chi connectivity index (χ1v) is 10.4. The average Bonchev–Trinajstić information content (AvgIpc) is 3.33. The number of nitrogens with one attached hydrogen (secondary N) is 1. The Morgan fingerprint density at radius 3 is 2.42 bits per heavy atom. The van der Waals surface area contributed by atoms with Gasteiger partial charge in [0.2, 0.25) is 0 Å². The summed E-state index contributed by atoms with van der Waals surface area (Å²) in [4.78, 5) is 32.3. The lowest BCUT2D eigenvalue weighted by Gasteiger charge is -2.28. The molecule has 31 heavy (non-hydrogen) atoms. The molecule has 2 aromatic rings. The predicted molar refractivity (Wildman–Crippen MR) is 112 cm³/mol. The molecule has 3 aliphatic rings. The van der Waals surface area contributed by atoms with Crippen LogP contribution in [0.2, 0.25) is 0 Å². The van der Waals surface area contributed by atoms with Gasteiger partial charge in [-0.1, -0.05) is 60.7 Å². The first kappa shape index (κ1) is 19.6. The molecule has 0 saturated carbocycles. The summed E-state index contributed by atoms with van der Waals surface area (Å²) in [5.41, 5.74) is 6.94. The number of carboxylic acids is 1. The van der Waals surface area contributed by atoms with Crippen molar-refractivity contribution in [3.05, 3.63) is 83.1 Å². The van der Waals surface area contributed by atoms with Gasteiger partial charge in [0.05, 0.1) is 12.2 Å². The van der Waals surface area contributed by atoms with Gasteiger partial charge in [-0.25, -0.2) is 14.6 Å². The van der Waals surface area contributed by atoms with Gasteiger partial charge in [-0.2, -0.15) is 5.06 Å². The lowest BCUT2D eigenvalue weighted by molar-refractivity contribution is -0.141. The highest BCUT2D eigenvalue weighted by molar-refractivity contribution is 5.88. The summed E-state index contributed by atoms with van der Waals surface area (Å²) in [6.07, 6.45) is 0.841. The summed E-state index contributed by atoms with van der Waals surface area (Å²) >= 11 is 0. The van der Waals surface area contributed by atoms with E-state index in [9.17, 15) is 14.7 Å². The summed E-state index contributed by atoms with van der Waals surface area (Å²) < 4.78 is 0. The minimum atomic E-state index is -1.04. The number of rotatable bonds is 7. The van der Waals surface area contributed by atoms with Gasteiger partial charge in [-0.15, -0.1) is 0 Å². The number of fused-ring (bicyclic) bond motifs is 3. The number of hydrogen-bond acceptors (Lipinski definition) is 5. The van der Waals surface area contributed by atoms with Crippen LogP contribution in [-0.4, -0.2) is 63.8 Å². The number of hydroxylamine groups is 2. The van der Waals surface area contributed by atoms with E-state index < -0.39 is 18.0 Å². The third kappa shape index (κ3) is 3.64. The minimum absolute atomic E-state index is 0.252. The highest BCUT2D eigenvalue weighted by Gasteiger charge is 2.54. The standard InChI is InChI=1S/C23H24N4O4/c28-22(29)21-20-18(13-25(24-20)12-11-16-7-3-1-4-8-16)19-14-26(21)23(30)27(19)31-15-17-9-5-2-6-10-17/h1-10,19,21,24H,11-15H2,(H,28,29). The smallest absolute Gasteiger partial charge is 0.345 e. The number of hydrogen-bond donors (Lipinski definition) is 2. The zero-order chi connectivity index (χ0) is 21.4. The van der Waals surface area contributed by atoms with Crippen molar-refractivity contribution in [2.45, 2.75) is 25.1 Å². The van der Waals surface area contributed by atoms with E-state index in [1.54, 1.807) is 0 Å². The summed E-state index contributed by atoms with van der Waals surface area (Å²) in [5, 5.41) is 13.2. The molecule has 160 valence electrons. The van der Waals surface area contributed by atoms with E-state index in [0.717, 1.165) is 24.1 Å². The topological polar surface area (TPSA) is 85.3 Å². The number of aliphatic carboxylic acids is 1. The molecule has 1 saturated heterocycles. The second kappa shape index (κ2) is 8.05. The maximum Gasteiger partial charge on any atom is 0.345 e. The van der Waals surface area contributed by atoms with Gasteiger partial charge in [-0.3, -0.25) is 4.84 Å². The summed E-state index contributed by atoms with van der Waals surface area (Å²) in [6, 6.07) is 18.1. The number of amides is 2. The van der Waals surface area contributed by atoms with Gasteiger partial charge in [0, 0.05) is 13.1 Å². The zero-order valence-electron chi connectivity index (χ0n) is 17.0. The van der Waals surface area contributed by atoms with Gasteiger partial charge in [0.1, 0.15) is 12.6 Å². The summed E-state index contributed by atoms with van der Waals surface area (Å²) in [6.45, 7) is 1.86. The molecule has 2 unspecified atom stereocenters. The van der Waals surface area contributed by atoms with Crippen LogP contribution in [0, 0.1) is 0 Å². The van der Waals surface area contributed by atoms with Gasteiger partial charge >= 0.3 is 12.0 Å². The largest absolute Gasteiger partial charge is 0.479 e. The van der Waals surface area contributed by atoms with E-state index in [4.69, 9.17) is 4.84 Å². The molecule has 0 aromatic heterocycles. The third-order valence-electron chi connectivity index (χ3n) is 6.02. The Labute approximate surface area is 180 Å². The van der Waals surface area contributed by atoms with E-state index in [1.165, 1.54) is 15.5 Å². The van der Waals surface area contributed by atoms with Crippen LogP contribution in [0.25, 0.3) is 0 Å². The molecule has 2 amide bonds. The van der Waals surface area contributed by atoms with Crippen LogP contribution in [0.15, 0.2) is 71.9 Å². The minimum Gasteiger partial charge on any atom is -0.479 e. The van der Waals surface area contributed by atoms with Crippen molar-refractivity contribution in [1.82, 2.24) is 20.4 Å². The van der Waals surface area contributed by atoms with Crippen molar-refractivity contribution in [2.24, 2.45) is 0 Å². The monoisotopic (exact) mass is 420 g/mol. The van der Waals surface area contributed by atoms with Crippen molar-refractivity contribution >= 4 is 12.0 Å². The number of carbonyl (C=O) groups is 2. The molecule has 2 atom stereocenters. The Bertz CT molecular complexity index is 1010. The van der Waals surface area contributed by atoms with Crippen LogP contribution in [0.1, 0.15) is 11.1 Å². The van der Waals surface area contributed by atoms with Crippen molar-refractivity contribution in [2.75, 3.05) is 19.6 Å². The maximum atomic E-state index is 12.9. The summed E-state index contributed by atoms with van der Waals surface area (Å²) in [5.74, 6) is -1.04. The Hall–Kier alpha value is -3.36. The molecule has 3 heterocycles. The molecule has 8 nitrogen and oxygen atoms in total. The normalized spacial score (nSPS) is 22.6. The Balaban J connectivity index is 1.32. The molecule has 0 radical (unpaired) electrons. The average molecular weight is 420 g/mol. The SMILES string of the molecule is O=C(O)C1C2=C(CN(CCc3ccccc3)N2)C2CN1C(=O)N2OCc1ccccc1. The molecule has 8 heteroatoms. The first-order valence-electron chi connectivity index (χ1n) is 10.4. The van der Waals surface area contributed by atoms with Gasteiger partial charge in [-0.05, 0) is 23.1 Å². The number of nitrogens with zero attached hydrogens (tertiary/aromatic N) is 3. The Kier molecular flexibility index (Phi) is 5.09. The van der Waals surface area contributed by atoms with Gasteiger partial charge < -0.3 is 15.4 Å². The van der Waals surface area contributed by atoms with E-state index in [0.29, 0.717) is 18.8 Å². The Morgan fingerprint density at radius 2 is 1.74 bits per heavy atom. The van der Waals surface area contributed by atoms with E-state index in [-0.39, 0.29) is 12.6 Å². The van der Waals surface area contributed by atoms with Crippen LogP contribution in [0.4, 0.5) is 4.79 Å².